The monoisotopic (exact) mass is 491 g/mol. The molecule has 1 aliphatic heterocycles. The maximum absolute atomic E-state index is 12.8. The number of nitrogens with one attached hydrogen (secondary N) is 1. The number of carboxylic acid groups (broad SMARTS) is 1. The van der Waals surface area contributed by atoms with Crippen LogP contribution in [0, 0.1) is 10.1 Å². The number of benzene rings is 3. The first-order valence-corrected chi connectivity index (χ1v) is 11.1. The molecule has 0 aromatic heterocycles. The van der Waals surface area contributed by atoms with Crippen LogP contribution in [0.4, 0.5) is 17.1 Å². The quantitative estimate of drug-likeness (QED) is 0.287. The van der Waals surface area contributed by atoms with Crippen molar-refractivity contribution >= 4 is 52.5 Å². The molecular weight excluding hydrogens is 474 g/mol. The Morgan fingerprint density at radius 1 is 0.971 bits per heavy atom. The molecule has 176 valence electrons. The van der Waals surface area contributed by atoms with E-state index in [0.717, 1.165) is 4.90 Å². The maximum Gasteiger partial charge on any atom is 0.336 e. The number of carbonyl (C=O) groups excluding carboxylic acids is 3. The van der Waals surface area contributed by atoms with Gasteiger partial charge in [-0.2, -0.15) is 0 Å². The number of non-ortho nitro benzene ring substituents is 1. The molecule has 4 rings (SSSR count). The van der Waals surface area contributed by atoms with Crippen molar-refractivity contribution in [3.63, 3.8) is 0 Å². The molecule has 0 spiro atoms. The second-order valence-electron chi connectivity index (χ2n) is 7.48. The number of imide groups is 1. The number of amides is 3. The van der Waals surface area contributed by atoms with Crippen LogP contribution in [0.1, 0.15) is 27.1 Å². The summed E-state index contributed by atoms with van der Waals surface area (Å²) in [7, 11) is 0. The summed E-state index contributed by atoms with van der Waals surface area (Å²) in [6, 6.07) is 17.6. The molecule has 3 aromatic rings. The van der Waals surface area contributed by atoms with Crippen LogP contribution in [0.15, 0.2) is 77.7 Å². The van der Waals surface area contributed by atoms with Gasteiger partial charge in [-0.1, -0.05) is 12.1 Å². The largest absolute Gasteiger partial charge is 0.478 e. The Labute approximate surface area is 202 Å². The highest BCUT2D eigenvalue weighted by Crippen LogP contribution is 2.35. The smallest absolute Gasteiger partial charge is 0.336 e. The first-order chi connectivity index (χ1) is 16.7. The van der Waals surface area contributed by atoms with Crippen molar-refractivity contribution in [3.05, 3.63) is 94.0 Å². The zero-order chi connectivity index (χ0) is 25.1. The van der Waals surface area contributed by atoms with Gasteiger partial charge in [0.2, 0.25) is 11.8 Å². The van der Waals surface area contributed by atoms with Crippen LogP contribution in [-0.2, 0) is 9.59 Å². The molecule has 35 heavy (non-hydrogen) atoms. The number of aromatic carboxylic acids is 1. The number of nitro groups is 1. The van der Waals surface area contributed by atoms with Crippen molar-refractivity contribution < 1.29 is 29.2 Å². The molecule has 1 aliphatic rings. The van der Waals surface area contributed by atoms with E-state index in [-0.39, 0.29) is 28.9 Å². The molecule has 2 N–H and O–H groups in total. The number of carboxylic acids is 1. The third-order valence-corrected chi connectivity index (χ3v) is 6.41. The van der Waals surface area contributed by atoms with E-state index < -0.39 is 33.9 Å². The van der Waals surface area contributed by atoms with Gasteiger partial charge in [0.15, 0.2) is 0 Å². The lowest BCUT2D eigenvalue weighted by Gasteiger charge is -2.15. The summed E-state index contributed by atoms with van der Waals surface area (Å²) in [6.07, 6.45) is -0.0229. The van der Waals surface area contributed by atoms with Gasteiger partial charge in [0, 0.05) is 29.1 Å². The minimum atomic E-state index is -1.21. The molecule has 1 heterocycles. The molecule has 0 radical (unpaired) electrons. The molecule has 0 bridgehead atoms. The van der Waals surface area contributed by atoms with Crippen molar-refractivity contribution in [1.29, 1.82) is 0 Å². The lowest BCUT2D eigenvalue weighted by Crippen LogP contribution is -2.31. The topological polar surface area (TPSA) is 147 Å². The van der Waals surface area contributed by atoms with E-state index in [1.807, 2.05) is 0 Å². The number of thioether (sulfide) groups is 1. The van der Waals surface area contributed by atoms with Gasteiger partial charge in [-0.15, -0.1) is 11.8 Å². The van der Waals surface area contributed by atoms with E-state index >= 15 is 0 Å². The Bertz CT molecular complexity index is 1340. The molecule has 0 aliphatic carbocycles. The molecular formula is C24H17N3O7S. The molecule has 3 aromatic carbocycles. The number of rotatable bonds is 7. The fourth-order valence-corrected chi connectivity index (χ4v) is 4.59. The molecule has 1 atom stereocenters. The van der Waals surface area contributed by atoms with Gasteiger partial charge in [0.1, 0.15) is 0 Å². The van der Waals surface area contributed by atoms with Gasteiger partial charge in [-0.25, -0.2) is 9.69 Å². The van der Waals surface area contributed by atoms with E-state index in [1.165, 1.54) is 54.2 Å². The Morgan fingerprint density at radius 3 is 2.20 bits per heavy atom. The van der Waals surface area contributed by atoms with Crippen LogP contribution >= 0.6 is 11.8 Å². The van der Waals surface area contributed by atoms with Gasteiger partial charge in [-0.3, -0.25) is 24.5 Å². The fraction of sp³-hybridized carbons (Fsp3) is 0.0833. The molecule has 1 fully saturated rings. The lowest BCUT2D eigenvalue weighted by atomic mass is 10.1. The number of carbonyl (C=O) groups is 4. The number of anilines is 2. The SMILES string of the molecule is O=C(O)c1ccccc1C(=O)Nc1ccc(SC2CC(=O)N(c3ccc([N+](=O)[O-])cc3)C2=O)cc1. The second-order valence-corrected chi connectivity index (χ2v) is 8.76. The van der Waals surface area contributed by atoms with Gasteiger partial charge < -0.3 is 10.4 Å². The van der Waals surface area contributed by atoms with Crippen LogP contribution in [0.25, 0.3) is 0 Å². The third kappa shape index (κ3) is 5.04. The minimum Gasteiger partial charge on any atom is -0.478 e. The first-order valence-electron chi connectivity index (χ1n) is 10.3. The summed E-state index contributed by atoms with van der Waals surface area (Å²) in [5, 5.41) is 22.1. The summed E-state index contributed by atoms with van der Waals surface area (Å²) in [5.74, 6) is -2.60. The van der Waals surface area contributed by atoms with Crippen LogP contribution in [0.5, 0.6) is 0 Å². The van der Waals surface area contributed by atoms with Crippen molar-refractivity contribution in [2.75, 3.05) is 10.2 Å². The third-order valence-electron chi connectivity index (χ3n) is 5.22. The standard InChI is InChI=1S/C24H17N3O7S/c28-21-13-20(23(30)26(21)15-7-9-16(10-8-15)27(33)34)35-17-11-5-14(6-12-17)25-22(29)18-3-1-2-4-19(18)24(31)32/h1-12,20H,13H2,(H,25,29)(H,31,32). The van der Waals surface area contributed by atoms with E-state index in [9.17, 15) is 34.4 Å². The van der Waals surface area contributed by atoms with E-state index in [0.29, 0.717) is 10.6 Å². The Balaban J connectivity index is 1.42. The summed E-state index contributed by atoms with van der Waals surface area (Å²) < 4.78 is 0. The van der Waals surface area contributed by atoms with Gasteiger partial charge >= 0.3 is 5.97 Å². The Kier molecular flexibility index (Phi) is 6.60. The summed E-state index contributed by atoms with van der Waals surface area (Å²) in [5.41, 5.74) is 0.477. The van der Waals surface area contributed by atoms with Gasteiger partial charge in [0.25, 0.3) is 11.6 Å². The molecule has 10 nitrogen and oxygen atoms in total. The predicted molar refractivity (Wildman–Crippen MR) is 128 cm³/mol. The molecule has 1 saturated heterocycles. The predicted octanol–water partition coefficient (Wildman–Crippen LogP) is 3.97. The van der Waals surface area contributed by atoms with E-state index in [1.54, 1.807) is 30.3 Å². The first kappa shape index (κ1) is 23.6. The summed E-state index contributed by atoms with van der Waals surface area (Å²) in [6.45, 7) is 0. The number of nitro benzene ring substituents is 1. The Hall–Kier alpha value is -4.51. The number of hydrogen-bond donors (Lipinski definition) is 2. The maximum atomic E-state index is 12.8. The highest BCUT2D eigenvalue weighted by atomic mass is 32.2. The zero-order valence-corrected chi connectivity index (χ0v) is 18.7. The van der Waals surface area contributed by atoms with Gasteiger partial charge in [0.05, 0.1) is 27.0 Å². The Morgan fingerprint density at radius 2 is 1.60 bits per heavy atom. The number of hydrogen-bond acceptors (Lipinski definition) is 7. The van der Waals surface area contributed by atoms with Crippen molar-refractivity contribution in [1.82, 2.24) is 0 Å². The highest BCUT2D eigenvalue weighted by Gasteiger charge is 2.40. The summed E-state index contributed by atoms with van der Waals surface area (Å²) in [4.78, 5) is 61.1. The van der Waals surface area contributed by atoms with Crippen molar-refractivity contribution in [3.8, 4) is 0 Å². The number of nitrogens with zero attached hydrogens (tertiary/aromatic N) is 2. The average Bonchev–Trinajstić information content (AvgIpc) is 3.12. The normalized spacial score (nSPS) is 15.2. The summed E-state index contributed by atoms with van der Waals surface area (Å²) >= 11 is 1.19. The lowest BCUT2D eigenvalue weighted by molar-refractivity contribution is -0.384. The zero-order valence-electron chi connectivity index (χ0n) is 17.9. The van der Waals surface area contributed by atoms with Crippen LogP contribution in [0.2, 0.25) is 0 Å². The van der Waals surface area contributed by atoms with Gasteiger partial charge in [-0.05, 0) is 48.5 Å². The average molecular weight is 491 g/mol. The van der Waals surface area contributed by atoms with Crippen molar-refractivity contribution in [2.45, 2.75) is 16.6 Å². The molecule has 0 saturated carbocycles. The highest BCUT2D eigenvalue weighted by molar-refractivity contribution is 8.00. The van der Waals surface area contributed by atoms with Crippen molar-refractivity contribution in [2.24, 2.45) is 0 Å². The van der Waals surface area contributed by atoms with Crippen LogP contribution < -0.4 is 10.2 Å². The fourth-order valence-electron chi connectivity index (χ4n) is 3.54. The van der Waals surface area contributed by atoms with E-state index in [2.05, 4.69) is 5.32 Å². The second kappa shape index (κ2) is 9.77. The molecule has 11 heteroatoms. The van der Waals surface area contributed by atoms with Crippen LogP contribution in [-0.4, -0.2) is 39.0 Å². The molecule has 1 unspecified atom stereocenters. The van der Waals surface area contributed by atoms with Crippen LogP contribution in [0.3, 0.4) is 0 Å². The van der Waals surface area contributed by atoms with E-state index in [4.69, 9.17) is 0 Å². The minimum absolute atomic E-state index is 0.0229. The molecule has 3 amide bonds.